The van der Waals surface area contributed by atoms with Gasteiger partial charge in [0.05, 0.1) is 48.8 Å². The molecule has 1 saturated carbocycles. The molecule has 4 aliphatic rings. The Morgan fingerprint density at radius 2 is 1.50 bits per heavy atom. The molecule has 4 amide bonds. The van der Waals surface area contributed by atoms with Crippen LogP contribution in [0.5, 0.6) is 17.2 Å². The number of phenols is 1. The highest BCUT2D eigenvalue weighted by Crippen LogP contribution is 2.64. The van der Waals surface area contributed by atoms with Gasteiger partial charge < -0.3 is 14.6 Å². The van der Waals surface area contributed by atoms with Crippen LogP contribution < -0.4 is 19.8 Å². The Kier molecular flexibility index (Phi) is 10.3. The van der Waals surface area contributed by atoms with Crippen LogP contribution in [0.15, 0.2) is 115 Å². The number of halogens is 2. The quantitative estimate of drug-likeness (QED) is 0.0855. The zero-order chi connectivity index (χ0) is 43.6. The fourth-order valence-electron chi connectivity index (χ4n) is 10.3. The van der Waals surface area contributed by atoms with E-state index in [2.05, 4.69) is 5.43 Å². The van der Waals surface area contributed by atoms with Crippen molar-refractivity contribution in [3.05, 3.63) is 159 Å². The molecule has 2 aliphatic carbocycles. The zero-order valence-electron chi connectivity index (χ0n) is 34.4. The van der Waals surface area contributed by atoms with Gasteiger partial charge in [-0.25, -0.2) is 4.39 Å². The molecule has 2 heterocycles. The molecule has 3 fully saturated rings. The first kappa shape index (κ1) is 40.7. The normalized spacial score (nSPS) is 24.2. The van der Waals surface area contributed by atoms with Crippen molar-refractivity contribution in [1.82, 2.24) is 5.01 Å². The first-order valence-electron chi connectivity index (χ1n) is 20.4. The number of phenolic OH excluding ortho intramolecular Hbond substituents is 1. The topological polar surface area (TPSA) is 125 Å². The molecule has 10 nitrogen and oxygen atoms in total. The second-order valence-electron chi connectivity index (χ2n) is 16.4. The maximum absolute atomic E-state index is 15.4. The van der Waals surface area contributed by atoms with Crippen molar-refractivity contribution in [3.63, 3.8) is 0 Å². The summed E-state index contributed by atoms with van der Waals surface area (Å²) in [6.45, 7) is 3.56. The smallest absolute Gasteiger partial charge is 0.260 e. The molecule has 2 saturated heterocycles. The van der Waals surface area contributed by atoms with Crippen molar-refractivity contribution in [2.45, 2.75) is 38.0 Å². The first-order chi connectivity index (χ1) is 29.8. The maximum Gasteiger partial charge on any atom is 0.260 e. The van der Waals surface area contributed by atoms with E-state index in [-0.39, 0.29) is 30.4 Å². The van der Waals surface area contributed by atoms with E-state index in [1.54, 1.807) is 64.5 Å². The Hall–Kier alpha value is -6.72. The number of aryl methyl sites for hydroxylation is 2. The number of hydrogen-bond donors (Lipinski definition) is 2. The maximum atomic E-state index is 15.4. The number of amides is 4. The minimum Gasteiger partial charge on any atom is -0.507 e. The molecule has 0 unspecified atom stereocenters. The summed E-state index contributed by atoms with van der Waals surface area (Å²) in [4.78, 5) is 60.9. The molecule has 9 rings (SSSR count). The molecule has 12 heteroatoms. The number of ether oxygens (including phenoxy) is 2. The molecular formula is C50H43ClFN3O7. The van der Waals surface area contributed by atoms with Crippen molar-refractivity contribution >= 4 is 58.8 Å². The molecular weight excluding hydrogens is 809 g/mol. The lowest BCUT2D eigenvalue weighted by Gasteiger charge is -2.50. The lowest BCUT2D eigenvalue weighted by atomic mass is 9.49. The number of aromatic hydroxyl groups is 1. The van der Waals surface area contributed by atoms with E-state index in [4.69, 9.17) is 21.1 Å². The van der Waals surface area contributed by atoms with Gasteiger partial charge in [-0.05, 0) is 127 Å². The largest absolute Gasteiger partial charge is 0.507 e. The van der Waals surface area contributed by atoms with Gasteiger partial charge in [0.25, 0.3) is 11.8 Å². The Morgan fingerprint density at radius 3 is 2.16 bits per heavy atom. The Bertz CT molecular complexity index is 2690. The summed E-state index contributed by atoms with van der Waals surface area (Å²) in [6.07, 6.45) is 6.13. The average Bonchev–Trinajstić information content (AvgIpc) is 3.65. The van der Waals surface area contributed by atoms with Crippen molar-refractivity contribution in [1.29, 1.82) is 0 Å². The second-order valence-corrected chi connectivity index (χ2v) is 16.9. The number of anilines is 2. The van der Waals surface area contributed by atoms with E-state index in [0.29, 0.717) is 50.2 Å². The van der Waals surface area contributed by atoms with Crippen LogP contribution in [0.25, 0.3) is 12.2 Å². The zero-order valence-corrected chi connectivity index (χ0v) is 35.2. The number of nitrogens with one attached hydrogen (secondary N) is 1. The van der Waals surface area contributed by atoms with E-state index >= 15 is 4.79 Å². The van der Waals surface area contributed by atoms with E-state index in [1.165, 1.54) is 29.2 Å². The van der Waals surface area contributed by atoms with Crippen LogP contribution in [-0.4, -0.2) is 48.0 Å². The summed E-state index contributed by atoms with van der Waals surface area (Å²) in [7, 11) is 3.19. The number of carbonyl (C=O) groups excluding carboxylic acids is 4. The van der Waals surface area contributed by atoms with Gasteiger partial charge in [0.1, 0.15) is 23.1 Å². The molecule has 62 heavy (non-hydrogen) atoms. The standard InChI is InChI=1S/C50H43ClFN3O7/c1-27-23-31(24-28(2)45(27)56)44-38-20-21-39-43(48(59)54(46(39)57)36-17-6-29(7-18-36)5-8-30-25-37(61-3)19-22-42(30)62-4)40(38)26-41-47(58)55(53-35-15-13-34(52)14-16-35)49(60)50(41,44)32-9-11-33(51)12-10-32/h5-20,22-25,39-41,43-44,53,56H,21,26H2,1-4H3/t39-,40+,41-,43-,44-,50+/m0/s1. The summed E-state index contributed by atoms with van der Waals surface area (Å²) in [5.74, 6) is -4.64. The van der Waals surface area contributed by atoms with Crippen molar-refractivity contribution < 1.29 is 38.1 Å². The Labute approximate surface area is 363 Å². The van der Waals surface area contributed by atoms with Gasteiger partial charge in [0.2, 0.25) is 11.8 Å². The third-order valence-corrected chi connectivity index (χ3v) is 13.4. The first-order valence-corrected chi connectivity index (χ1v) is 20.8. The second kappa shape index (κ2) is 15.6. The van der Waals surface area contributed by atoms with Crippen LogP contribution in [0.1, 0.15) is 52.1 Å². The summed E-state index contributed by atoms with van der Waals surface area (Å²) >= 11 is 6.42. The van der Waals surface area contributed by atoms with Crippen molar-refractivity contribution in [2.75, 3.05) is 24.5 Å². The van der Waals surface area contributed by atoms with E-state index in [9.17, 15) is 23.9 Å². The number of fused-ring (bicyclic) bond motifs is 4. The van der Waals surface area contributed by atoms with Crippen LogP contribution in [-0.2, 0) is 24.6 Å². The molecule has 6 atom stereocenters. The molecule has 0 bridgehead atoms. The highest BCUT2D eigenvalue weighted by molar-refractivity contribution is 6.30. The third kappa shape index (κ3) is 6.45. The highest BCUT2D eigenvalue weighted by Gasteiger charge is 2.70. The fraction of sp³-hybridized carbons (Fsp3) is 0.240. The van der Waals surface area contributed by atoms with E-state index in [1.807, 2.05) is 60.7 Å². The number of hydrogen-bond acceptors (Lipinski definition) is 8. The van der Waals surface area contributed by atoms with Crippen molar-refractivity contribution in [2.24, 2.45) is 23.7 Å². The molecule has 2 N–H and O–H groups in total. The van der Waals surface area contributed by atoms with Gasteiger partial charge in [-0.3, -0.25) is 29.5 Å². The number of methoxy groups -OCH3 is 2. The van der Waals surface area contributed by atoms with E-state index in [0.717, 1.165) is 21.7 Å². The van der Waals surface area contributed by atoms with E-state index < -0.39 is 52.6 Å². The van der Waals surface area contributed by atoms with Gasteiger partial charge in [-0.1, -0.05) is 71.8 Å². The molecule has 5 aromatic rings. The lowest BCUT2D eigenvalue weighted by Crippen LogP contribution is -2.53. The van der Waals surface area contributed by atoms with Gasteiger partial charge in [0.15, 0.2) is 0 Å². The van der Waals surface area contributed by atoms with Crippen molar-refractivity contribution in [3.8, 4) is 17.2 Å². The third-order valence-electron chi connectivity index (χ3n) is 13.1. The number of imide groups is 2. The van der Waals surface area contributed by atoms with Gasteiger partial charge in [-0.15, -0.1) is 0 Å². The molecule has 5 aromatic carbocycles. The molecule has 0 aromatic heterocycles. The highest BCUT2D eigenvalue weighted by atomic mass is 35.5. The summed E-state index contributed by atoms with van der Waals surface area (Å²) in [5.41, 5.74) is 7.02. The fourth-order valence-corrected chi connectivity index (χ4v) is 10.5. The summed E-state index contributed by atoms with van der Waals surface area (Å²) < 4.78 is 24.9. The minimum atomic E-state index is -1.54. The summed E-state index contributed by atoms with van der Waals surface area (Å²) in [6, 6.07) is 28.6. The monoisotopic (exact) mass is 851 g/mol. The van der Waals surface area contributed by atoms with Gasteiger partial charge in [0, 0.05) is 16.5 Å². The SMILES string of the molecule is COc1ccc(OC)c(C=Cc2ccc(N3C(=O)[C@H]4[C@H](CC=C5[C@H]4C[C@H]4C(=O)N(Nc6ccc(F)cc6)C(=O)[C@@]4(c4ccc(Cl)cc4)[C@H]5c4cc(C)c(O)c(C)c4)C3=O)cc2)c1. The number of benzene rings is 5. The van der Waals surface area contributed by atoms with Crippen LogP contribution in [0.4, 0.5) is 15.8 Å². The van der Waals surface area contributed by atoms with Crippen LogP contribution in [0.2, 0.25) is 5.02 Å². The molecule has 0 radical (unpaired) electrons. The number of rotatable bonds is 9. The Balaban J connectivity index is 1.12. The van der Waals surface area contributed by atoms with Crippen LogP contribution in [0, 0.1) is 43.3 Å². The predicted molar refractivity (Wildman–Crippen MR) is 234 cm³/mol. The van der Waals surface area contributed by atoms with Crippen LogP contribution in [0.3, 0.4) is 0 Å². The predicted octanol–water partition coefficient (Wildman–Crippen LogP) is 9.18. The lowest BCUT2D eigenvalue weighted by molar-refractivity contribution is -0.138. The Morgan fingerprint density at radius 1 is 0.806 bits per heavy atom. The molecule has 0 spiro atoms. The average molecular weight is 852 g/mol. The number of nitrogens with zero attached hydrogens (tertiary/aromatic N) is 2. The van der Waals surface area contributed by atoms with Gasteiger partial charge in [-0.2, -0.15) is 5.01 Å². The number of hydrazine groups is 1. The minimum absolute atomic E-state index is 0.0959. The molecule has 2 aliphatic heterocycles. The number of carbonyl (C=O) groups is 4. The molecule has 314 valence electrons. The van der Waals surface area contributed by atoms with Crippen LogP contribution >= 0.6 is 11.6 Å². The van der Waals surface area contributed by atoms with Gasteiger partial charge >= 0.3 is 0 Å². The number of allylic oxidation sites excluding steroid dienone is 2. The summed E-state index contributed by atoms with van der Waals surface area (Å²) in [5, 5.41) is 12.4.